The molecular weight excluding hydrogens is 322 g/mol. The highest BCUT2D eigenvalue weighted by molar-refractivity contribution is 8.14. The summed E-state index contributed by atoms with van der Waals surface area (Å²) in [7, 11) is 0. The number of thioether (sulfide) groups is 1. The molecule has 2 aromatic carbocycles. The van der Waals surface area contributed by atoms with Crippen molar-refractivity contribution < 1.29 is 15.0 Å². The Morgan fingerprint density at radius 3 is 2.88 bits per heavy atom. The Bertz CT molecular complexity index is 870. The number of carboxylic acid groups (broad SMARTS) is 1. The summed E-state index contributed by atoms with van der Waals surface area (Å²) in [5, 5.41) is 21.7. The largest absolute Gasteiger partial charge is 0.508 e. The van der Waals surface area contributed by atoms with E-state index >= 15 is 0 Å². The van der Waals surface area contributed by atoms with E-state index in [-0.39, 0.29) is 5.75 Å². The maximum Gasteiger partial charge on any atom is 0.329 e. The van der Waals surface area contributed by atoms with E-state index in [0.717, 1.165) is 26.9 Å². The van der Waals surface area contributed by atoms with E-state index in [2.05, 4.69) is 11.6 Å². The SMILES string of the molecule is C=CCc1c(O)ccc2cc(/C=C/C3=N[C@@H](C(=O)O)CS3)ccc12. The number of carbonyl (C=O) groups is 1. The maximum absolute atomic E-state index is 10.9. The Morgan fingerprint density at radius 2 is 2.17 bits per heavy atom. The Balaban J connectivity index is 1.88. The molecule has 0 aliphatic carbocycles. The number of phenols is 1. The van der Waals surface area contributed by atoms with Crippen LogP contribution in [0.4, 0.5) is 0 Å². The number of allylic oxidation sites excluding steroid dienone is 1. The minimum absolute atomic E-state index is 0.280. The quantitative estimate of drug-likeness (QED) is 0.811. The van der Waals surface area contributed by atoms with Crippen LogP contribution in [-0.4, -0.2) is 33.0 Å². The van der Waals surface area contributed by atoms with Crippen LogP contribution in [0, 0.1) is 0 Å². The average molecular weight is 339 g/mol. The zero-order chi connectivity index (χ0) is 17.1. The van der Waals surface area contributed by atoms with E-state index in [0.29, 0.717) is 12.2 Å². The standard InChI is InChI=1S/C19H17NO3S/c1-2-3-15-14-7-4-12(10-13(14)6-8-17(15)21)5-9-18-20-16(11-24-18)19(22)23/h2,4-10,16,21H,1,3,11H2,(H,22,23)/b9-5+/t16-/m1/s1. The lowest BCUT2D eigenvalue weighted by molar-refractivity contribution is -0.137. The van der Waals surface area contributed by atoms with Gasteiger partial charge in [0.05, 0.1) is 5.04 Å². The molecule has 1 heterocycles. The first-order valence-corrected chi connectivity index (χ1v) is 8.54. The fourth-order valence-electron chi connectivity index (χ4n) is 2.64. The number of nitrogens with zero attached hydrogens (tertiary/aromatic N) is 1. The minimum atomic E-state index is -0.883. The third-order valence-corrected chi connectivity index (χ3v) is 4.87. The number of fused-ring (bicyclic) bond motifs is 1. The van der Waals surface area contributed by atoms with Gasteiger partial charge >= 0.3 is 5.97 Å². The smallest absolute Gasteiger partial charge is 0.329 e. The number of carboxylic acids is 1. The Labute approximate surface area is 144 Å². The fourth-order valence-corrected chi connectivity index (χ4v) is 3.55. The summed E-state index contributed by atoms with van der Waals surface area (Å²) in [5.74, 6) is -0.120. The number of benzene rings is 2. The maximum atomic E-state index is 10.9. The van der Waals surface area contributed by atoms with E-state index < -0.39 is 12.0 Å². The van der Waals surface area contributed by atoms with Crippen LogP contribution in [0.2, 0.25) is 0 Å². The molecule has 24 heavy (non-hydrogen) atoms. The van der Waals surface area contributed by atoms with Crippen molar-refractivity contribution >= 4 is 39.6 Å². The molecule has 0 unspecified atom stereocenters. The Kier molecular flexibility index (Phi) is 4.71. The molecule has 0 amide bonds. The Morgan fingerprint density at radius 1 is 1.33 bits per heavy atom. The van der Waals surface area contributed by atoms with Gasteiger partial charge in [0.25, 0.3) is 0 Å². The van der Waals surface area contributed by atoms with Crippen molar-refractivity contribution in [3.63, 3.8) is 0 Å². The summed E-state index contributed by atoms with van der Waals surface area (Å²) in [4.78, 5) is 15.1. The lowest BCUT2D eigenvalue weighted by Crippen LogP contribution is -2.16. The van der Waals surface area contributed by atoms with Crippen molar-refractivity contribution in [1.29, 1.82) is 0 Å². The third-order valence-electron chi connectivity index (χ3n) is 3.85. The minimum Gasteiger partial charge on any atom is -0.508 e. The number of hydrogen-bond donors (Lipinski definition) is 2. The summed E-state index contributed by atoms with van der Waals surface area (Å²) in [5.41, 5.74) is 1.87. The van der Waals surface area contributed by atoms with Crippen molar-refractivity contribution in [3.05, 3.63) is 60.2 Å². The number of aliphatic imine (C=N–C) groups is 1. The topological polar surface area (TPSA) is 69.9 Å². The highest BCUT2D eigenvalue weighted by Gasteiger charge is 2.22. The van der Waals surface area contributed by atoms with Gasteiger partial charge in [0.15, 0.2) is 6.04 Å². The van der Waals surface area contributed by atoms with Crippen molar-refractivity contribution in [2.24, 2.45) is 4.99 Å². The normalized spacial score (nSPS) is 17.3. The molecular formula is C19H17NO3S. The first-order chi connectivity index (χ1) is 11.6. The molecule has 0 saturated carbocycles. The van der Waals surface area contributed by atoms with Gasteiger partial charge in [0.2, 0.25) is 0 Å². The fraction of sp³-hybridized carbons (Fsp3) is 0.158. The molecule has 0 aromatic heterocycles. The van der Waals surface area contributed by atoms with Gasteiger partial charge in [-0.3, -0.25) is 4.99 Å². The second-order valence-corrected chi connectivity index (χ2v) is 6.54. The van der Waals surface area contributed by atoms with Gasteiger partial charge < -0.3 is 10.2 Å². The third kappa shape index (κ3) is 3.36. The van der Waals surface area contributed by atoms with Crippen molar-refractivity contribution in [3.8, 4) is 5.75 Å². The summed E-state index contributed by atoms with van der Waals surface area (Å²) in [6, 6.07) is 8.93. The van der Waals surface area contributed by atoms with E-state index in [1.165, 1.54) is 11.8 Å². The van der Waals surface area contributed by atoms with Crippen LogP contribution in [0.3, 0.4) is 0 Å². The second kappa shape index (κ2) is 6.93. The number of phenolic OH excluding ortho intramolecular Hbond substituents is 1. The highest BCUT2D eigenvalue weighted by Crippen LogP contribution is 2.29. The average Bonchev–Trinajstić information content (AvgIpc) is 3.05. The molecule has 4 nitrogen and oxygen atoms in total. The monoisotopic (exact) mass is 339 g/mol. The molecule has 3 rings (SSSR count). The van der Waals surface area contributed by atoms with Gasteiger partial charge in [-0.15, -0.1) is 18.3 Å². The molecule has 1 atom stereocenters. The van der Waals surface area contributed by atoms with Gasteiger partial charge in [-0.1, -0.05) is 30.4 Å². The number of aromatic hydroxyl groups is 1. The van der Waals surface area contributed by atoms with E-state index in [9.17, 15) is 9.90 Å². The van der Waals surface area contributed by atoms with E-state index in [1.807, 2.05) is 36.4 Å². The predicted octanol–water partition coefficient (Wildman–Crippen LogP) is 3.89. The number of hydrogen-bond acceptors (Lipinski definition) is 4. The second-order valence-electron chi connectivity index (χ2n) is 5.50. The van der Waals surface area contributed by atoms with Gasteiger partial charge in [-0.05, 0) is 41.0 Å². The van der Waals surface area contributed by atoms with Gasteiger partial charge in [0, 0.05) is 11.3 Å². The van der Waals surface area contributed by atoms with E-state index in [1.54, 1.807) is 12.1 Å². The van der Waals surface area contributed by atoms with Crippen molar-refractivity contribution in [2.75, 3.05) is 5.75 Å². The molecule has 0 bridgehead atoms. The van der Waals surface area contributed by atoms with Gasteiger partial charge in [-0.2, -0.15) is 0 Å². The van der Waals surface area contributed by atoms with Crippen LogP contribution in [-0.2, 0) is 11.2 Å². The zero-order valence-corrected chi connectivity index (χ0v) is 13.8. The first kappa shape index (κ1) is 16.3. The van der Waals surface area contributed by atoms with E-state index in [4.69, 9.17) is 5.11 Å². The predicted molar refractivity (Wildman–Crippen MR) is 99.9 cm³/mol. The summed E-state index contributed by atoms with van der Waals surface area (Å²) < 4.78 is 0. The molecule has 1 aliphatic heterocycles. The van der Waals surface area contributed by atoms with Gasteiger partial charge in [0.1, 0.15) is 5.75 Å². The zero-order valence-electron chi connectivity index (χ0n) is 13.0. The lowest BCUT2D eigenvalue weighted by Gasteiger charge is -2.08. The highest BCUT2D eigenvalue weighted by atomic mass is 32.2. The van der Waals surface area contributed by atoms with Crippen LogP contribution < -0.4 is 0 Å². The number of aliphatic carboxylic acids is 1. The Hall–Kier alpha value is -2.53. The molecule has 5 heteroatoms. The van der Waals surface area contributed by atoms with Crippen LogP contribution in [0.1, 0.15) is 11.1 Å². The lowest BCUT2D eigenvalue weighted by atomic mass is 9.99. The summed E-state index contributed by atoms with van der Waals surface area (Å²) in [6.45, 7) is 3.73. The van der Waals surface area contributed by atoms with Crippen LogP contribution in [0.15, 0.2) is 54.1 Å². The van der Waals surface area contributed by atoms with Crippen molar-refractivity contribution in [1.82, 2.24) is 0 Å². The molecule has 0 fully saturated rings. The van der Waals surface area contributed by atoms with Gasteiger partial charge in [-0.25, -0.2) is 4.79 Å². The molecule has 0 radical (unpaired) electrons. The molecule has 0 spiro atoms. The molecule has 2 N–H and O–H groups in total. The number of rotatable bonds is 5. The van der Waals surface area contributed by atoms with Crippen LogP contribution in [0.25, 0.3) is 16.8 Å². The molecule has 122 valence electrons. The molecule has 1 aliphatic rings. The summed E-state index contributed by atoms with van der Waals surface area (Å²) >= 11 is 1.45. The van der Waals surface area contributed by atoms with Crippen LogP contribution >= 0.6 is 11.8 Å². The first-order valence-electron chi connectivity index (χ1n) is 7.55. The molecule has 0 saturated heterocycles. The summed E-state index contributed by atoms with van der Waals surface area (Å²) in [6.07, 6.45) is 6.16. The van der Waals surface area contributed by atoms with Crippen molar-refractivity contribution in [2.45, 2.75) is 12.5 Å². The van der Waals surface area contributed by atoms with Crippen LogP contribution in [0.5, 0.6) is 5.75 Å². The molecule has 2 aromatic rings.